The van der Waals surface area contributed by atoms with Gasteiger partial charge in [-0.1, -0.05) is 36.4 Å². The number of fused-ring (bicyclic) bond motifs is 1. The van der Waals surface area contributed by atoms with E-state index in [2.05, 4.69) is 49.2 Å². The molecule has 5 aromatic rings. The lowest BCUT2D eigenvalue weighted by Crippen LogP contribution is -2.47. The van der Waals surface area contributed by atoms with Crippen LogP contribution in [0, 0.1) is 0 Å². The Kier molecular flexibility index (Phi) is 5.42. The minimum atomic E-state index is -0.136. The monoisotopic (exact) mass is 469 g/mol. The van der Waals surface area contributed by atoms with E-state index in [1.54, 1.807) is 9.36 Å². The van der Waals surface area contributed by atoms with Crippen LogP contribution in [0.1, 0.15) is 11.4 Å². The van der Waals surface area contributed by atoms with E-state index in [0.29, 0.717) is 18.3 Å². The van der Waals surface area contributed by atoms with Gasteiger partial charge >= 0.3 is 0 Å². The van der Waals surface area contributed by atoms with E-state index in [-0.39, 0.29) is 6.61 Å². The van der Waals surface area contributed by atoms with Crippen molar-refractivity contribution in [3.05, 3.63) is 78.6 Å². The highest BCUT2D eigenvalue weighted by Gasteiger charge is 2.23. The van der Waals surface area contributed by atoms with Crippen LogP contribution in [0.4, 0.5) is 11.6 Å². The number of aryl methyl sites for hydroxylation is 1. The number of aliphatic hydroxyl groups is 1. The quantitative estimate of drug-likeness (QED) is 0.408. The van der Waals surface area contributed by atoms with Crippen molar-refractivity contribution in [3.63, 3.8) is 0 Å². The maximum Gasteiger partial charge on any atom is 0.245 e. The highest BCUT2D eigenvalue weighted by molar-refractivity contribution is 5.75. The fourth-order valence-electron chi connectivity index (χ4n) is 4.60. The third-order valence-electron chi connectivity index (χ3n) is 6.49. The summed E-state index contributed by atoms with van der Waals surface area (Å²) in [5, 5.41) is 23.4. The van der Waals surface area contributed by atoms with Crippen LogP contribution in [0.25, 0.3) is 16.6 Å². The number of aliphatic hydroxyl groups excluding tert-OH is 1. The van der Waals surface area contributed by atoms with Gasteiger partial charge in [0.25, 0.3) is 0 Å². The number of nitrogens with zero attached hydrogens (tertiary/aromatic N) is 9. The lowest BCUT2D eigenvalue weighted by Gasteiger charge is -2.35. The fourth-order valence-corrected chi connectivity index (χ4v) is 4.60. The Labute approximate surface area is 202 Å². The maximum atomic E-state index is 9.81. The molecule has 35 heavy (non-hydrogen) atoms. The zero-order valence-electron chi connectivity index (χ0n) is 19.6. The molecule has 1 N–H and O–H groups in total. The normalized spacial score (nSPS) is 14.2. The summed E-state index contributed by atoms with van der Waals surface area (Å²) in [6.45, 7) is 3.73. The Morgan fingerprint density at radius 3 is 2.40 bits per heavy atom. The van der Waals surface area contributed by atoms with E-state index in [0.717, 1.165) is 54.1 Å². The number of hydrogen-bond acceptors (Lipinski definition) is 7. The summed E-state index contributed by atoms with van der Waals surface area (Å²) in [6, 6.07) is 14.3. The van der Waals surface area contributed by atoms with Gasteiger partial charge in [0.2, 0.25) is 5.95 Å². The molecule has 0 bridgehead atoms. The number of aromatic nitrogens is 7. The third kappa shape index (κ3) is 4.12. The standard InChI is InChI=1S/C25H27N9O/c1-30-16-21(13-26-30)20-7-8-22-23(14-27-33(22)17-20)31-9-11-32(12-10-31)25-28-24(18-35)34(29-25)15-19-5-3-2-4-6-19/h2-8,13-14,16-17,35H,9-12,15,18H2,1H3. The number of benzene rings is 1. The first-order valence-electron chi connectivity index (χ1n) is 11.7. The van der Waals surface area contributed by atoms with Crippen LogP contribution in [-0.2, 0) is 20.2 Å². The molecule has 0 atom stereocenters. The van der Waals surface area contributed by atoms with Crippen LogP contribution < -0.4 is 9.80 Å². The largest absolute Gasteiger partial charge is 0.388 e. The van der Waals surface area contributed by atoms with E-state index in [1.807, 2.05) is 54.5 Å². The number of hydrogen-bond donors (Lipinski definition) is 1. The van der Waals surface area contributed by atoms with Gasteiger partial charge in [-0.25, -0.2) is 9.20 Å². The van der Waals surface area contributed by atoms with Crippen LogP contribution in [0.2, 0.25) is 0 Å². The molecule has 10 nitrogen and oxygen atoms in total. The van der Waals surface area contributed by atoms with Gasteiger partial charge in [-0.3, -0.25) is 4.68 Å². The Hall–Kier alpha value is -4.18. The Bertz CT molecular complexity index is 1440. The van der Waals surface area contributed by atoms with E-state index < -0.39 is 0 Å². The zero-order chi connectivity index (χ0) is 23.8. The molecule has 0 radical (unpaired) electrons. The average molecular weight is 470 g/mol. The number of rotatable bonds is 6. The van der Waals surface area contributed by atoms with Crippen molar-refractivity contribution in [2.45, 2.75) is 13.2 Å². The second kappa shape index (κ2) is 8.88. The summed E-state index contributed by atoms with van der Waals surface area (Å²) in [5.74, 6) is 1.25. The highest BCUT2D eigenvalue weighted by atomic mass is 16.3. The molecule has 10 heteroatoms. The molecular weight excluding hydrogens is 442 g/mol. The van der Waals surface area contributed by atoms with Crippen molar-refractivity contribution in [3.8, 4) is 11.1 Å². The third-order valence-corrected chi connectivity index (χ3v) is 6.49. The van der Waals surface area contributed by atoms with Gasteiger partial charge in [0.15, 0.2) is 5.82 Å². The Morgan fingerprint density at radius 2 is 1.66 bits per heavy atom. The Balaban J connectivity index is 1.16. The van der Waals surface area contributed by atoms with E-state index in [1.165, 1.54) is 0 Å². The molecule has 1 fully saturated rings. The molecule has 4 aromatic heterocycles. The van der Waals surface area contributed by atoms with Gasteiger partial charge in [0.1, 0.15) is 6.61 Å². The van der Waals surface area contributed by atoms with Crippen LogP contribution in [0.3, 0.4) is 0 Å². The summed E-state index contributed by atoms with van der Waals surface area (Å²) in [4.78, 5) is 9.15. The second-order valence-corrected chi connectivity index (χ2v) is 8.78. The first-order valence-corrected chi connectivity index (χ1v) is 11.7. The van der Waals surface area contributed by atoms with Crippen molar-refractivity contribution in [1.82, 2.24) is 34.2 Å². The molecule has 5 heterocycles. The van der Waals surface area contributed by atoms with E-state index >= 15 is 0 Å². The molecular formula is C25H27N9O. The summed E-state index contributed by atoms with van der Waals surface area (Å²) < 4.78 is 5.53. The fraction of sp³-hybridized carbons (Fsp3) is 0.280. The lowest BCUT2D eigenvalue weighted by molar-refractivity contribution is 0.264. The van der Waals surface area contributed by atoms with Crippen molar-refractivity contribution in [1.29, 1.82) is 0 Å². The van der Waals surface area contributed by atoms with Gasteiger partial charge in [0, 0.05) is 56.7 Å². The molecule has 0 saturated carbocycles. The molecule has 0 aliphatic carbocycles. The van der Waals surface area contributed by atoms with Gasteiger partial charge in [-0.05, 0) is 11.6 Å². The molecule has 6 rings (SSSR count). The van der Waals surface area contributed by atoms with Gasteiger partial charge in [-0.2, -0.15) is 15.2 Å². The summed E-state index contributed by atoms with van der Waals surface area (Å²) in [6.07, 6.45) is 7.85. The SMILES string of the molecule is Cn1cc(-c2ccc3c(N4CCN(c5nc(CO)n(Cc6ccccc6)n5)CC4)cnn3c2)cn1. The van der Waals surface area contributed by atoms with Crippen LogP contribution in [0.5, 0.6) is 0 Å². The maximum absolute atomic E-state index is 9.81. The average Bonchev–Trinajstić information content (AvgIpc) is 3.62. The first kappa shape index (κ1) is 21.4. The molecule has 0 spiro atoms. The van der Waals surface area contributed by atoms with Crippen LogP contribution >= 0.6 is 0 Å². The second-order valence-electron chi connectivity index (χ2n) is 8.78. The van der Waals surface area contributed by atoms with Crippen LogP contribution in [-0.4, -0.2) is 65.4 Å². The zero-order valence-corrected chi connectivity index (χ0v) is 19.6. The molecule has 1 aromatic carbocycles. The number of pyridine rings is 1. The van der Waals surface area contributed by atoms with Gasteiger partial charge < -0.3 is 14.9 Å². The smallest absolute Gasteiger partial charge is 0.245 e. The molecule has 1 aliphatic heterocycles. The van der Waals surface area contributed by atoms with Crippen molar-refractivity contribution in [2.75, 3.05) is 36.0 Å². The molecule has 0 unspecified atom stereocenters. The van der Waals surface area contributed by atoms with Crippen LogP contribution in [0.15, 0.2) is 67.3 Å². The van der Waals surface area contributed by atoms with E-state index in [4.69, 9.17) is 5.10 Å². The van der Waals surface area contributed by atoms with Gasteiger partial charge in [-0.15, -0.1) is 5.10 Å². The predicted octanol–water partition coefficient (Wildman–Crippen LogP) is 2.19. The summed E-state index contributed by atoms with van der Waals surface area (Å²) >= 11 is 0. The van der Waals surface area contributed by atoms with E-state index in [9.17, 15) is 5.11 Å². The molecule has 0 amide bonds. The number of piperazine rings is 1. The van der Waals surface area contributed by atoms with Gasteiger partial charge in [0.05, 0.1) is 30.1 Å². The lowest BCUT2D eigenvalue weighted by atomic mass is 10.1. The molecule has 1 aliphatic rings. The van der Waals surface area contributed by atoms with Crippen molar-refractivity contribution >= 4 is 17.2 Å². The summed E-state index contributed by atoms with van der Waals surface area (Å²) in [5.41, 5.74) is 5.49. The molecule has 178 valence electrons. The Morgan fingerprint density at radius 1 is 0.857 bits per heavy atom. The van der Waals surface area contributed by atoms with Crippen molar-refractivity contribution < 1.29 is 5.11 Å². The minimum Gasteiger partial charge on any atom is -0.388 e. The minimum absolute atomic E-state index is 0.136. The van der Waals surface area contributed by atoms with Crippen molar-refractivity contribution in [2.24, 2.45) is 7.05 Å². The molecule has 1 saturated heterocycles. The first-order chi connectivity index (χ1) is 17.2. The predicted molar refractivity (Wildman–Crippen MR) is 133 cm³/mol. The number of anilines is 2. The summed E-state index contributed by atoms with van der Waals surface area (Å²) in [7, 11) is 1.92. The highest BCUT2D eigenvalue weighted by Crippen LogP contribution is 2.27. The topological polar surface area (TPSA) is 92.5 Å².